The number of fused-ring (bicyclic) bond motifs is 2. The van der Waals surface area contributed by atoms with Gasteiger partial charge in [-0.15, -0.1) is 12.4 Å². The zero-order valence-electron chi connectivity index (χ0n) is 14.0. The third-order valence-corrected chi connectivity index (χ3v) is 5.17. The zero-order valence-corrected chi connectivity index (χ0v) is 14.8. The number of nitrogens with two attached hydrogens (primary N) is 1. The van der Waals surface area contributed by atoms with Crippen LogP contribution >= 0.6 is 12.4 Å². The van der Waals surface area contributed by atoms with E-state index >= 15 is 0 Å². The van der Waals surface area contributed by atoms with Crippen LogP contribution in [-0.2, 0) is 4.79 Å². The van der Waals surface area contributed by atoms with Crippen LogP contribution in [0.15, 0.2) is 30.3 Å². The average molecular weight is 338 g/mol. The van der Waals surface area contributed by atoms with E-state index in [0.29, 0.717) is 18.1 Å². The molecular weight excluding hydrogens is 310 g/mol. The molecule has 23 heavy (non-hydrogen) atoms. The molecule has 3 rings (SSSR count). The minimum atomic E-state index is -0.537. The summed E-state index contributed by atoms with van der Waals surface area (Å²) in [5, 5.41) is 0. The highest BCUT2D eigenvalue weighted by Gasteiger charge is 2.40. The fourth-order valence-corrected chi connectivity index (χ4v) is 4.15. The second-order valence-electron chi connectivity index (χ2n) is 6.89. The van der Waals surface area contributed by atoms with E-state index in [4.69, 9.17) is 5.73 Å². The molecule has 5 heteroatoms. The highest BCUT2D eigenvalue weighted by Crippen LogP contribution is 2.32. The van der Waals surface area contributed by atoms with Crippen molar-refractivity contribution in [1.29, 1.82) is 0 Å². The van der Waals surface area contributed by atoms with Gasteiger partial charge in [-0.25, -0.2) is 0 Å². The van der Waals surface area contributed by atoms with E-state index in [0.717, 1.165) is 25.1 Å². The maximum Gasteiger partial charge on any atom is 0.244 e. The van der Waals surface area contributed by atoms with E-state index in [1.807, 2.05) is 35.2 Å². The molecule has 2 aliphatic rings. The topological polar surface area (TPSA) is 49.6 Å². The number of amides is 1. The molecule has 3 unspecified atom stereocenters. The summed E-state index contributed by atoms with van der Waals surface area (Å²) in [6.07, 6.45) is 3.55. The second-order valence-corrected chi connectivity index (χ2v) is 6.89. The van der Waals surface area contributed by atoms with Crippen LogP contribution in [0.4, 0.5) is 0 Å². The third kappa shape index (κ3) is 3.70. The van der Waals surface area contributed by atoms with Crippen molar-refractivity contribution in [3.63, 3.8) is 0 Å². The Labute approximate surface area is 145 Å². The SMILES string of the molecule is CC(C)N1C2CCC1CN(C(=O)C(N)c1ccccc1)CC2.Cl. The lowest BCUT2D eigenvalue weighted by molar-refractivity contribution is -0.133. The molecular formula is C18H28ClN3O. The van der Waals surface area contributed by atoms with Crippen LogP contribution in [0.2, 0.25) is 0 Å². The second kappa shape index (κ2) is 7.65. The largest absolute Gasteiger partial charge is 0.339 e. The highest BCUT2D eigenvalue weighted by atomic mass is 35.5. The predicted octanol–water partition coefficient (Wildman–Crippen LogP) is 2.58. The Hall–Kier alpha value is -1.10. The summed E-state index contributed by atoms with van der Waals surface area (Å²) in [6.45, 7) is 6.19. The van der Waals surface area contributed by atoms with Crippen LogP contribution in [0.1, 0.15) is 44.7 Å². The van der Waals surface area contributed by atoms with Crippen molar-refractivity contribution in [2.75, 3.05) is 13.1 Å². The Morgan fingerprint density at radius 2 is 1.78 bits per heavy atom. The van der Waals surface area contributed by atoms with Gasteiger partial charge in [0.2, 0.25) is 5.91 Å². The van der Waals surface area contributed by atoms with Crippen molar-refractivity contribution in [1.82, 2.24) is 9.80 Å². The molecule has 0 aliphatic carbocycles. The standard InChI is InChI=1S/C18H27N3O.ClH/c1-13(2)21-15-8-9-16(21)12-20(11-10-15)18(22)17(19)14-6-4-3-5-7-14;/h3-7,13,15-17H,8-12,19H2,1-2H3;1H. The number of hydrogen-bond acceptors (Lipinski definition) is 3. The number of benzene rings is 1. The van der Waals surface area contributed by atoms with Gasteiger partial charge in [0.25, 0.3) is 0 Å². The molecule has 0 spiro atoms. The molecule has 2 N–H and O–H groups in total. The van der Waals surface area contributed by atoms with E-state index < -0.39 is 6.04 Å². The van der Waals surface area contributed by atoms with Gasteiger partial charge in [-0.3, -0.25) is 9.69 Å². The van der Waals surface area contributed by atoms with Crippen molar-refractivity contribution in [3.05, 3.63) is 35.9 Å². The maximum absolute atomic E-state index is 12.8. The first-order chi connectivity index (χ1) is 10.6. The van der Waals surface area contributed by atoms with Crippen molar-refractivity contribution in [2.45, 2.75) is 57.3 Å². The Balaban J connectivity index is 0.00000192. The van der Waals surface area contributed by atoms with E-state index in [-0.39, 0.29) is 18.3 Å². The molecule has 2 saturated heterocycles. The fraction of sp³-hybridized carbons (Fsp3) is 0.611. The lowest BCUT2D eigenvalue weighted by Gasteiger charge is -2.32. The molecule has 1 amide bonds. The Morgan fingerprint density at radius 3 is 2.43 bits per heavy atom. The molecule has 2 heterocycles. The number of carbonyl (C=O) groups excluding carboxylic acids is 1. The molecule has 0 saturated carbocycles. The van der Waals surface area contributed by atoms with Crippen LogP contribution in [0.25, 0.3) is 0 Å². The quantitative estimate of drug-likeness (QED) is 0.922. The molecule has 1 aromatic rings. The van der Waals surface area contributed by atoms with Gasteiger partial charge in [0.15, 0.2) is 0 Å². The first-order valence-electron chi connectivity index (χ1n) is 8.44. The van der Waals surface area contributed by atoms with Gasteiger partial charge in [0.1, 0.15) is 6.04 Å². The van der Waals surface area contributed by atoms with Crippen LogP contribution < -0.4 is 5.73 Å². The van der Waals surface area contributed by atoms with Gasteiger partial charge in [0.05, 0.1) is 0 Å². The summed E-state index contributed by atoms with van der Waals surface area (Å²) < 4.78 is 0. The number of likely N-dealkylation sites (tertiary alicyclic amines) is 1. The van der Waals surface area contributed by atoms with E-state index in [2.05, 4.69) is 18.7 Å². The van der Waals surface area contributed by atoms with Gasteiger partial charge in [0, 0.05) is 31.2 Å². The van der Waals surface area contributed by atoms with Crippen molar-refractivity contribution >= 4 is 18.3 Å². The Morgan fingerprint density at radius 1 is 1.13 bits per heavy atom. The van der Waals surface area contributed by atoms with Crippen molar-refractivity contribution in [3.8, 4) is 0 Å². The molecule has 1 aromatic carbocycles. The van der Waals surface area contributed by atoms with Crippen molar-refractivity contribution < 1.29 is 4.79 Å². The van der Waals surface area contributed by atoms with Gasteiger partial charge < -0.3 is 10.6 Å². The first kappa shape index (κ1) is 18.2. The van der Waals surface area contributed by atoms with Gasteiger partial charge in [-0.1, -0.05) is 30.3 Å². The summed E-state index contributed by atoms with van der Waals surface area (Å²) in [5.41, 5.74) is 7.11. The Kier molecular flexibility index (Phi) is 6.06. The average Bonchev–Trinajstić information content (AvgIpc) is 2.81. The first-order valence-corrected chi connectivity index (χ1v) is 8.44. The molecule has 2 aliphatic heterocycles. The smallest absolute Gasteiger partial charge is 0.244 e. The predicted molar refractivity (Wildman–Crippen MR) is 95.6 cm³/mol. The van der Waals surface area contributed by atoms with Gasteiger partial charge in [-0.2, -0.15) is 0 Å². The fourth-order valence-electron chi connectivity index (χ4n) is 4.15. The molecule has 128 valence electrons. The van der Waals surface area contributed by atoms with Crippen LogP contribution in [0.5, 0.6) is 0 Å². The minimum absolute atomic E-state index is 0. The maximum atomic E-state index is 12.8. The van der Waals surface area contributed by atoms with Crippen LogP contribution in [0, 0.1) is 0 Å². The number of hydrogen-bond donors (Lipinski definition) is 1. The summed E-state index contributed by atoms with van der Waals surface area (Å²) in [6, 6.07) is 10.9. The van der Waals surface area contributed by atoms with Gasteiger partial charge >= 0.3 is 0 Å². The number of carbonyl (C=O) groups is 1. The number of nitrogens with zero attached hydrogens (tertiary/aromatic N) is 2. The number of rotatable bonds is 3. The van der Waals surface area contributed by atoms with Gasteiger partial charge in [-0.05, 0) is 38.7 Å². The summed E-state index contributed by atoms with van der Waals surface area (Å²) in [4.78, 5) is 17.4. The molecule has 4 nitrogen and oxygen atoms in total. The monoisotopic (exact) mass is 337 g/mol. The third-order valence-electron chi connectivity index (χ3n) is 5.17. The van der Waals surface area contributed by atoms with E-state index in [1.165, 1.54) is 12.8 Å². The highest BCUT2D eigenvalue weighted by molar-refractivity contribution is 5.85. The molecule has 2 fully saturated rings. The molecule has 0 aromatic heterocycles. The number of halogens is 1. The van der Waals surface area contributed by atoms with Crippen molar-refractivity contribution in [2.24, 2.45) is 5.73 Å². The molecule has 0 radical (unpaired) electrons. The minimum Gasteiger partial charge on any atom is -0.339 e. The summed E-state index contributed by atoms with van der Waals surface area (Å²) in [7, 11) is 0. The molecule has 3 atom stereocenters. The lowest BCUT2D eigenvalue weighted by Crippen LogP contribution is -2.46. The van der Waals surface area contributed by atoms with E-state index in [9.17, 15) is 4.79 Å². The lowest BCUT2D eigenvalue weighted by atomic mass is 10.0. The Bertz CT molecular complexity index is 522. The van der Waals surface area contributed by atoms with Crippen LogP contribution in [0.3, 0.4) is 0 Å². The normalized spacial score (nSPS) is 25.8. The zero-order chi connectivity index (χ0) is 15.7. The van der Waals surface area contributed by atoms with Crippen LogP contribution in [-0.4, -0.2) is 46.9 Å². The molecule has 2 bridgehead atoms. The van der Waals surface area contributed by atoms with E-state index in [1.54, 1.807) is 0 Å². The summed E-state index contributed by atoms with van der Waals surface area (Å²) in [5.74, 6) is 0.0717. The summed E-state index contributed by atoms with van der Waals surface area (Å²) >= 11 is 0.